The molecule has 0 unspecified atom stereocenters. The topological polar surface area (TPSA) is 70.1 Å². The number of nitrogens with zero attached hydrogens (tertiary/aromatic N) is 2. The number of ether oxygens (including phenoxy) is 4. The summed E-state index contributed by atoms with van der Waals surface area (Å²) < 4.78 is 22.3. The Labute approximate surface area is 193 Å². The molecule has 1 aromatic heterocycles. The first kappa shape index (κ1) is 22.5. The Balaban J connectivity index is 1.37. The third-order valence-electron chi connectivity index (χ3n) is 5.75. The largest absolute Gasteiger partial charge is 0.493 e. The fourth-order valence-corrected chi connectivity index (χ4v) is 4.02. The van der Waals surface area contributed by atoms with Gasteiger partial charge in [0, 0.05) is 43.6 Å². The van der Waals surface area contributed by atoms with Crippen LogP contribution in [0, 0.1) is 0 Å². The summed E-state index contributed by atoms with van der Waals surface area (Å²) in [4.78, 5) is 19.0. The Kier molecular flexibility index (Phi) is 6.98. The molecular weight excluding hydrogens is 420 g/mol. The zero-order valence-electron chi connectivity index (χ0n) is 19.1. The lowest BCUT2D eigenvalue weighted by Crippen LogP contribution is -2.41. The Morgan fingerprint density at radius 3 is 2.33 bits per heavy atom. The number of methoxy groups -OCH3 is 3. The second-order valence-electron chi connectivity index (χ2n) is 7.77. The number of carbonyl (C=O) groups is 1. The van der Waals surface area contributed by atoms with Crippen molar-refractivity contribution in [2.45, 2.75) is 18.9 Å². The van der Waals surface area contributed by atoms with Crippen molar-refractivity contribution in [1.29, 1.82) is 0 Å². The summed E-state index contributed by atoms with van der Waals surface area (Å²) >= 11 is 0. The number of amides is 1. The van der Waals surface area contributed by atoms with E-state index in [2.05, 4.69) is 4.98 Å². The second-order valence-corrected chi connectivity index (χ2v) is 7.77. The first-order valence-corrected chi connectivity index (χ1v) is 10.9. The molecular formula is C26H28N2O5. The molecule has 1 aliphatic rings. The molecule has 0 spiro atoms. The standard InChI is InChI=1S/C26H28N2O5/c1-30-22-16-18(17-23(31-2)26(22)32-3)9-10-24(29)28-14-11-20(12-15-28)33-21-8-4-6-19-7-5-13-27-25(19)21/h4-10,13,16-17,20H,11-12,14-15H2,1-3H3/b10-9+. The summed E-state index contributed by atoms with van der Waals surface area (Å²) in [5.74, 6) is 2.37. The quantitative estimate of drug-likeness (QED) is 0.501. The van der Waals surface area contributed by atoms with Gasteiger partial charge in [-0.15, -0.1) is 0 Å². The van der Waals surface area contributed by atoms with Crippen LogP contribution in [0.2, 0.25) is 0 Å². The molecule has 2 aromatic carbocycles. The normalized spacial score (nSPS) is 14.5. The molecule has 0 aliphatic carbocycles. The van der Waals surface area contributed by atoms with Crippen LogP contribution in [0.5, 0.6) is 23.0 Å². The molecule has 4 rings (SSSR count). The number of benzene rings is 2. The van der Waals surface area contributed by atoms with Crippen LogP contribution in [0.3, 0.4) is 0 Å². The summed E-state index contributed by atoms with van der Waals surface area (Å²) in [7, 11) is 4.69. The van der Waals surface area contributed by atoms with Gasteiger partial charge in [0.05, 0.1) is 21.3 Å². The van der Waals surface area contributed by atoms with Gasteiger partial charge in [-0.3, -0.25) is 9.78 Å². The van der Waals surface area contributed by atoms with E-state index in [4.69, 9.17) is 18.9 Å². The molecule has 2 heterocycles. The van der Waals surface area contributed by atoms with Crippen LogP contribution in [0.1, 0.15) is 18.4 Å². The van der Waals surface area contributed by atoms with Crippen LogP contribution in [0.4, 0.5) is 0 Å². The van der Waals surface area contributed by atoms with Crippen molar-refractivity contribution in [2.24, 2.45) is 0 Å². The minimum Gasteiger partial charge on any atom is -0.493 e. The Bertz CT molecular complexity index is 1120. The molecule has 33 heavy (non-hydrogen) atoms. The van der Waals surface area contributed by atoms with Crippen molar-refractivity contribution in [3.05, 3.63) is 60.3 Å². The highest BCUT2D eigenvalue weighted by atomic mass is 16.5. The van der Waals surface area contributed by atoms with Crippen molar-refractivity contribution < 1.29 is 23.7 Å². The molecule has 0 saturated carbocycles. The van der Waals surface area contributed by atoms with E-state index < -0.39 is 0 Å². The van der Waals surface area contributed by atoms with Crippen molar-refractivity contribution in [2.75, 3.05) is 34.4 Å². The zero-order valence-corrected chi connectivity index (χ0v) is 19.1. The number of hydrogen-bond donors (Lipinski definition) is 0. The van der Waals surface area contributed by atoms with Gasteiger partial charge in [-0.2, -0.15) is 0 Å². The molecule has 7 heteroatoms. The van der Waals surface area contributed by atoms with E-state index in [1.165, 1.54) is 0 Å². The van der Waals surface area contributed by atoms with E-state index in [1.54, 1.807) is 39.7 Å². The molecule has 0 radical (unpaired) electrons. The lowest BCUT2D eigenvalue weighted by atomic mass is 10.1. The highest BCUT2D eigenvalue weighted by molar-refractivity contribution is 5.92. The van der Waals surface area contributed by atoms with Gasteiger partial charge < -0.3 is 23.8 Å². The number of rotatable bonds is 7. The number of piperidine rings is 1. The highest BCUT2D eigenvalue weighted by Gasteiger charge is 2.23. The van der Waals surface area contributed by atoms with Gasteiger partial charge in [-0.05, 0) is 35.9 Å². The maximum atomic E-state index is 12.7. The molecule has 0 bridgehead atoms. The maximum absolute atomic E-state index is 12.7. The van der Waals surface area contributed by atoms with Crippen LogP contribution in [-0.2, 0) is 4.79 Å². The molecule has 7 nitrogen and oxygen atoms in total. The average molecular weight is 449 g/mol. The molecule has 1 amide bonds. The summed E-state index contributed by atoms with van der Waals surface area (Å²) in [5, 5.41) is 1.06. The number of fused-ring (bicyclic) bond motifs is 1. The van der Waals surface area contributed by atoms with Gasteiger partial charge in [0.15, 0.2) is 11.5 Å². The molecule has 1 aliphatic heterocycles. The third-order valence-corrected chi connectivity index (χ3v) is 5.75. The number of hydrogen-bond acceptors (Lipinski definition) is 6. The van der Waals surface area contributed by atoms with E-state index in [-0.39, 0.29) is 12.0 Å². The van der Waals surface area contributed by atoms with Crippen molar-refractivity contribution in [3.63, 3.8) is 0 Å². The monoisotopic (exact) mass is 448 g/mol. The van der Waals surface area contributed by atoms with E-state index in [0.29, 0.717) is 30.3 Å². The number of carbonyl (C=O) groups excluding carboxylic acids is 1. The van der Waals surface area contributed by atoms with Gasteiger partial charge >= 0.3 is 0 Å². The Morgan fingerprint density at radius 2 is 1.67 bits per heavy atom. The van der Waals surface area contributed by atoms with Crippen molar-refractivity contribution in [3.8, 4) is 23.0 Å². The van der Waals surface area contributed by atoms with Gasteiger partial charge in [0.1, 0.15) is 17.4 Å². The molecule has 172 valence electrons. The van der Waals surface area contributed by atoms with Gasteiger partial charge in [0.25, 0.3) is 0 Å². The van der Waals surface area contributed by atoms with Crippen LogP contribution < -0.4 is 18.9 Å². The Hall–Kier alpha value is -3.74. The molecule has 0 N–H and O–H groups in total. The fourth-order valence-electron chi connectivity index (χ4n) is 4.02. The van der Waals surface area contributed by atoms with E-state index in [0.717, 1.165) is 35.1 Å². The van der Waals surface area contributed by atoms with E-state index >= 15 is 0 Å². The number of aromatic nitrogens is 1. The van der Waals surface area contributed by atoms with Crippen molar-refractivity contribution in [1.82, 2.24) is 9.88 Å². The molecule has 0 atom stereocenters. The predicted octanol–water partition coefficient (Wildman–Crippen LogP) is 4.34. The number of pyridine rings is 1. The lowest BCUT2D eigenvalue weighted by molar-refractivity contribution is -0.127. The minimum atomic E-state index is -0.0333. The summed E-state index contributed by atoms with van der Waals surface area (Å²) in [6.07, 6.45) is 6.71. The smallest absolute Gasteiger partial charge is 0.246 e. The zero-order chi connectivity index (χ0) is 23.2. The SMILES string of the molecule is COc1cc(/C=C/C(=O)N2CCC(Oc3cccc4cccnc34)CC2)cc(OC)c1OC. The Morgan fingerprint density at radius 1 is 0.970 bits per heavy atom. The first-order chi connectivity index (χ1) is 16.1. The van der Waals surface area contributed by atoms with Gasteiger partial charge in [-0.25, -0.2) is 0 Å². The van der Waals surface area contributed by atoms with E-state index in [1.807, 2.05) is 47.4 Å². The first-order valence-electron chi connectivity index (χ1n) is 10.9. The predicted molar refractivity (Wildman–Crippen MR) is 127 cm³/mol. The summed E-state index contributed by atoms with van der Waals surface area (Å²) in [6.45, 7) is 1.28. The maximum Gasteiger partial charge on any atom is 0.246 e. The molecule has 3 aromatic rings. The molecule has 1 saturated heterocycles. The van der Waals surface area contributed by atoms with Crippen LogP contribution in [0.25, 0.3) is 17.0 Å². The lowest BCUT2D eigenvalue weighted by Gasteiger charge is -2.31. The van der Waals surface area contributed by atoms with Gasteiger partial charge in [-0.1, -0.05) is 18.2 Å². The van der Waals surface area contributed by atoms with Crippen molar-refractivity contribution >= 4 is 22.9 Å². The number of likely N-dealkylation sites (tertiary alicyclic amines) is 1. The van der Waals surface area contributed by atoms with E-state index in [9.17, 15) is 4.79 Å². The minimum absolute atomic E-state index is 0.0333. The fraction of sp³-hybridized carbons (Fsp3) is 0.308. The summed E-state index contributed by atoms with van der Waals surface area (Å²) in [6, 6.07) is 13.5. The van der Waals surface area contributed by atoms with Crippen LogP contribution in [0.15, 0.2) is 54.7 Å². The molecule has 1 fully saturated rings. The van der Waals surface area contributed by atoms with Gasteiger partial charge in [0.2, 0.25) is 11.7 Å². The highest BCUT2D eigenvalue weighted by Crippen LogP contribution is 2.38. The second kappa shape index (κ2) is 10.3. The third kappa shape index (κ3) is 5.03. The summed E-state index contributed by atoms with van der Waals surface area (Å²) in [5.41, 5.74) is 1.66. The average Bonchev–Trinajstić information content (AvgIpc) is 2.87. The van der Waals surface area contributed by atoms with Crippen LogP contribution >= 0.6 is 0 Å². The van der Waals surface area contributed by atoms with Crippen LogP contribution in [-0.4, -0.2) is 56.3 Å². The number of para-hydroxylation sites is 1.